The second-order valence-electron chi connectivity index (χ2n) is 6.88. The Morgan fingerprint density at radius 3 is 2.43 bits per heavy atom. The minimum absolute atomic E-state index is 0.0773. The van der Waals surface area contributed by atoms with Gasteiger partial charge in [-0.2, -0.15) is 0 Å². The second-order valence-corrected chi connectivity index (χ2v) is 6.88. The summed E-state index contributed by atoms with van der Waals surface area (Å²) >= 11 is 0. The van der Waals surface area contributed by atoms with Gasteiger partial charge in [-0.05, 0) is 48.1 Å². The van der Waals surface area contributed by atoms with E-state index >= 15 is 0 Å². The van der Waals surface area contributed by atoms with Crippen LogP contribution in [0.4, 0.5) is 0 Å². The zero-order valence-electron chi connectivity index (χ0n) is 15.5. The molecule has 139 valence electrons. The fourth-order valence-corrected chi connectivity index (χ4v) is 3.45. The molecule has 1 aromatic heterocycles. The van der Waals surface area contributed by atoms with E-state index in [1.54, 1.807) is 6.26 Å². The maximum atomic E-state index is 12.8. The molecule has 0 fully saturated rings. The van der Waals surface area contributed by atoms with Gasteiger partial charge in [0.05, 0.1) is 11.8 Å². The Morgan fingerprint density at radius 1 is 0.893 bits per heavy atom. The van der Waals surface area contributed by atoms with Crippen LogP contribution in [-0.4, -0.2) is 12.5 Å². The third-order valence-corrected chi connectivity index (χ3v) is 4.83. The van der Waals surface area contributed by atoms with Crippen molar-refractivity contribution in [2.45, 2.75) is 6.42 Å². The first-order valence-electron chi connectivity index (χ1n) is 9.48. The maximum absolute atomic E-state index is 12.8. The minimum Gasteiger partial charge on any atom is -0.464 e. The number of nitrogens with one attached hydrogen (secondary N) is 1. The topological polar surface area (TPSA) is 42.2 Å². The monoisotopic (exact) mass is 368 g/mol. The number of carbonyl (C=O) groups excluding carboxylic acids is 1. The van der Waals surface area contributed by atoms with Gasteiger partial charge in [-0.25, -0.2) is 0 Å². The molecular weight excluding hydrogens is 346 g/mol. The first kappa shape index (κ1) is 18.1. The molecule has 4 aromatic rings. The van der Waals surface area contributed by atoms with Crippen LogP contribution >= 0.6 is 0 Å². The van der Waals surface area contributed by atoms with Gasteiger partial charge in [-0.3, -0.25) is 4.79 Å². The summed E-state index contributed by atoms with van der Waals surface area (Å²) in [5.41, 5.74) is 3.79. The lowest BCUT2D eigenvalue weighted by atomic mass is 9.92. The molecule has 0 saturated carbocycles. The number of carbonyl (C=O) groups is 1. The van der Waals surface area contributed by atoms with Crippen molar-refractivity contribution in [3.8, 4) is 0 Å². The summed E-state index contributed by atoms with van der Waals surface area (Å²) in [4.78, 5) is 12.8. The predicted octanol–water partition coefficient (Wildman–Crippen LogP) is 5.27. The Bertz CT molecular complexity index is 996. The standard InChI is InChI=1S/C25H22NO2/c27-25(23-12-7-13-24-22(23)14-15-28-24)26-18-21(16-19-8-3-1-4-9-19)17-20-10-5-2-6-11-20/h1-16,21H,17-18H2,(H,26,27). The Balaban J connectivity index is 1.48. The highest BCUT2D eigenvalue weighted by atomic mass is 16.3. The van der Waals surface area contributed by atoms with E-state index in [0.717, 1.165) is 23.0 Å². The SMILES string of the molecule is O=C(NCC([CH]c1ccccc1)Cc1ccccc1)c1cccc2occc12. The molecule has 1 radical (unpaired) electrons. The molecule has 0 spiro atoms. The normalized spacial score (nSPS) is 11.0. The van der Waals surface area contributed by atoms with E-state index in [2.05, 4.69) is 36.0 Å². The van der Waals surface area contributed by atoms with Gasteiger partial charge in [0, 0.05) is 11.9 Å². The van der Waals surface area contributed by atoms with Gasteiger partial charge in [0.1, 0.15) is 5.58 Å². The number of benzene rings is 3. The molecule has 28 heavy (non-hydrogen) atoms. The van der Waals surface area contributed by atoms with Crippen molar-refractivity contribution in [1.82, 2.24) is 5.32 Å². The van der Waals surface area contributed by atoms with Gasteiger partial charge in [-0.1, -0.05) is 66.7 Å². The molecule has 3 aromatic carbocycles. The quantitative estimate of drug-likeness (QED) is 0.483. The van der Waals surface area contributed by atoms with Gasteiger partial charge >= 0.3 is 0 Å². The van der Waals surface area contributed by atoms with Crippen LogP contribution in [0.3, 0.4) is 0 Å². The lowest BCUT2D eigenvalue weighted by Crippen LogP contribution is -2.30. The van der Waals surface area contributed by atoms with E-state index < -0.39 is 0 Å². The van der Waals surface area contributed by atoms with Crippen molar-refractivity contribution in [2.24, 2.45) is 5.92 Å². The van der Waals surface area contributed by atoms with Gasteiger partial charge in [0.25, 0.3) is 5.91 Å². The van der Waals surface area contributed by atoms with E-state index in [4.69, 9.17) is 4.42 Å². The average molecular weight is 368 g/mol. The molecule has 3 nitrogen and oxygen atoms in total. The fraction of sp³-hybridized carbons (Fsp3) is 0.120. The van der Waals surface area contributed by atoms with E-state index in [0.29, 0.717) is 12.1 Å². The summed E-state index contributed by atoms with van der Waals surface area (Å²) in [6.45, 7) is 0.566. The molecule has 0 aliphatic heterocycles. The van der Waals surface area contributed by atoms with Crippen molar-refractivity contribution in [1.29, 1.82) is 0 Å². The summed E-state index contributed by atoms with van der Waals surface area (Å²) in [5.74, 6) is 0.115. The first-order valence-corrected chi connectivity index (χ1v) is 9.48. The highest BCUT2D eigenvalue weighted by Gasteiger charge is 2.16. The lowest BCUT2D eigenvalue weighted by molar-refractivity contribution is 0.0950. The average Bonchev–Trinajstić information content (AvgIpc) is 3.22. The fourth-order valence-electron chi connectivity index (χ4n) is 3.45. The van der Waals surface area contributed by atoms with E-state index in [1.165, 1.54) is 5.56 Å². The van der Waals surface area contributed by atoms with E-state index in [1.807, 2.05) is 60.7 Å². The lowest BCUT2D eigenvalue weighted by Gasteiger charge is -2.18. The van der Waals surface area contributed by atoms with E-state index in [-0.39, 0.29) is 11.8 Å². The molecule has 1 N–H and O–H groups in total. The first-order chi connectivity index (χ1) is 13.8. The van der Waals surface area contributed by atoms with Crippen LogP contribution in [0.25, 0.3) is 11.0 Å². The van der Waals surface area contributed by atoms with Crippen molar-refractivity contribution < 1.29 is 9.21 Å². The van der Waals surface area contributed by atoms with Crippen LogP contribution < -0.4 is 5.32 Å². The third kappa shape index (κ3) is 4.32. The van der Waals surface area contributed by atoms with Crippen molar-refractivity contribution >= 4 is 16.9 Å². The van der Waals surface area contributed by atoms with Crippen molar-refractivity contribution in [3.63, 3.8) is 0 Å². The number of rotatable bonds is 7. The maximum Gasteiger partial charge on any atom is 0.252 e. The van der Waals surface area contributed by atoms with Gasteiger partial charge in [0.15, 0.2) is 0 Å². The summed E-state index contributed by atoms with van der Waals surface area (Å²) in [5, 5.41) is 3.95. The number of hydrogen-bond donors (Lipinski definition) is 1. The summed E-state index contributed by atoms with van der Waals surface area (Å²) < 4.78 is 5.41. The molecule has 3 heteroatoms. The molecular formula is C25H22NO2. The van der Waals surface area contributed by atoms with Crippen LogP contribution in [0.15, 0.2) is 95.6 Å². The summed E-state index contributed by atoms with van der Waals surface area (Å²) in [6.07, 6.45) is 4.71. The van der Waals surface area contributed by atoms with Crippen molar-refractivity contribution in [3.05, 3.63) is 114 Å². The Kier molecular flexibility index (Phi) is 5.53. The predicted molar refractivity (Wildman–Crippen MR) is 112 cm³/mol. The van der Waals surface area contributed by atoms with E-state index in [9.17, 15) is 4.79 Å². The molecule has 1 unspecified atom stereocenters. The highest BCUT2D eigenvalue weighted by molar-refractivity contribution is 6.05. The molecule has 0 aliphatic rings. The number of fused-ring (bicyclic) bond motifs is 1. The molecule has 1 atom stereocenters. The molecule has 0 bridgehead atoms. The van der Waals surface area contributed by atoms with Gasteiger partial charge in [0.2, 0.25) is 0 Å². The molecule has 0 saturated heterocycles. The number of hydrogen-bond acceptors (Lipinski definition) is 2. The molecule has 1 amide bonds. The Hall–Kier alpha value is -3.33. The summed E-state index contributed by atoms with van der Waals surface area (Å²) in [6, 6.07) is 28.0. The zero-order valence-corrected chi connectivity index (χ0v) is 15.5. The van der Waals surface area contributed by atoms with Crippen LogP contribution in [-0.2, 0) is 6.42 Å². The van der Waals surface area contributed by atoms with Crippen LogP contribution in [0.1, 0.15) is 21.5 Å². The van der Waals surface area contributed by atoms with Crippen molar-refractivity contribution in [2.75, 3.05) is 6.54 Å². The minimum atomic E-state index is -0.0773. The molecule has 1 heterocycles. The number of furan rings is 1. The summed E-state index contributed by atoms with van der Waals surface area (Å²) in [7, 11) is 0. The molecule has 0 aliphatic carbocycles. The second kappa shape index (κ2) is 8.57. The van der Waals surface area contributed by atoms with Gasteiger partial charge in [-0.15, -0.1) is 0 Å². The zero-order chi connectivity index (χ0) is 19.2. The molecule has 4 rings (SSSR count). The van der Waals surface area contributed by atoms with Crippen LogP contribution in [0.2, 0.25) is 0 Å². The van der Waals surface area contributed by atoms with Crippen LogP contribution in [0.5, 0.6) is 0 Å². The smallest absolute Gasteiger partial charge is 0.252 e. The highest BCUT2D eigenvalue weighted by Crippen LogP contribution is 2.20. The Labute approximate surface area is 165 Å². The largest absolute Gasteiger partial charge is 0.464 e. The number of amides is 1. The Morgan fingerprint density at radius 2 is 1.64 bits per heavy atom. The van der Waals surface area contributed by atoms with Gasteiger partial charge < -0.3 is 9.73 Å². The third-order valence-electron chi connectivity index (χ3n) is 4.83. The van der Waals surface area contributed by atoms with Crippen LogP contribution in [0, 0.1) is 12.3 Å².